The van der Waals surface area contributed by atoms with E-state index in [1.54, 1.807) is 43.3 Å². The molecule has 0 spiro atoms. The average Bonchev–Trinajstić information content (AvgIpc) is 2.87. The monoisotopic (exact) mass is 486 g/mol. The molecule has 0 aliphatic heterocycles. The molecule has 0 amide bonds. The summed E-state index contributed by atoms with van der Waals surface area (Å²) < 4.78 is 28.9. The van der Waals surface area contributed by atoms with Gasteiger partial charge in [-0.3, -0.25) is 0 Å². The van der Waals surface area contributed by atoms with Gasteiger partial charge in [-0.1, -0.05) is 17.3 Å². The highest BCUT2D eigenvalue weighted by atomic mass is 19.1. The molecular formula is C26H20F2N6O2. The van der Waals surface area contributed by atoms with Gasteiger partial charge < -0.3 is 10.6 Å². The van der Waals surface area contributed by atoms with Crippen molar-refractivity contribution in [1.82, 2.24) is 15.0 Å². The number of aromatic nitrogens is 3. The van der Waals surface area contributed by atoms with Crippen LogP contribution in [-0.2, 0) is 6.42 Å². The largest absolute Gasteiger partial charge is 0.368 e. The molecule has 0 bridgehead atoms. The molecule has 2 N–H and O–H groups in total. The molecule has 4 aromatic rings. The summed E-state index contributed by atoms with van der Waals surface area (Å²) >= 11 is 0. The van der Waals surface area contributed by atoms with Crippen molar-refractivity contribution < 1.29 is 13.6 Å². The first-order chi connectivity index (χ1) is 17.4. The fraction of sp³-hybridized carbons (Fsp3) is 0.154. The smallest absolute Gasteiger partial charge is 0.220 e. The Bertz CT molecular complexity index is 1510. The summed E-state index contributed by atoms with van der Waals surface area (Å²) in [6.45, 7) is 1.80. The van der Waals surface area contributed by atoms with Gasteiger partial charge >= 0.3 is 0 Å². The number of halogens is 2. The maximum atomic E-state index is 14.6. The van der Waals surface area contributed by atoms with Crippen LogP contribution in [0.1, 0.15) is 34.9 Å². The number of rotatable bonds is 5. The molecule has 1 unspecified atom stereocenters. The van der Waals surface area contributed by atoms with Crippen LogP contribution in [0.4, 0.5) is 20.4 Å². The van der Waals surface area contributed by atoms with Crippen LogP contribution in [0.5, 0.6) is 5.75 Å². The van der Waals surface area contributed by atoms with Gasteiger partial charge in [0.2, 0.25) is 11.9 Å². The standard InChI is InChI=1S/C26H20F2N6O2/c1-14-24-22(32-26(29)31-14)10-15(11-23(24)34-36-18-5-2-4-17(13-18)33-35)19-8-7-16(27)12-21(19)20-6-3-9-30-25(20)28/h2-9,12-13,15H,10-11H2,1H3,(H2,29,31,32)/b34-23+. The molecule has 1 aliphatic carbocycles. The predicted molar refractivity (Wildman–Crippen MR) is 131 cm³/mol. The molecule has 10 heteroatoms. The number of nitroso groups, excluding NO2 is 1. The Morgan fingerprint density at radius 1 is 1.03 bits per heavy atom. The molecule has 0 fully saturated rings. The van der Waals surface area contributed by atoms with Crippen LogP contribution in [0.2, 0.25) is 0 Å². The Kier molecular flexibility index (Phi) is 6.16. The van der Waals surface area contributed by atoms with Crippen LogP contribution in [0, 0.1) is 23.6 Å². The van der Waals surface area contributed by atoms with Gasteiger partial charge in [-0.25, -0.2) is 19.3 Å². The van der Waals surface area contributed by atoms with Gasteiger partial charge in [-0.2, -0.15) is 4.39 Å². The van der Waals surface area contributed by atoms with E-state index in [0.717, 1.165) is 0 Å². The van der Waals surface area contributed by atoms with Crippen molar-refractivity contribution in [2.45, 2.75) is 25.7 Å². The number of oxime groups is 1. The number of nitrogens with zero attached hydrogens (tertiary/aromatic N) is 5. The molecule has 2 aromatic carbocycles. The molecule has 1 atom stereocenters. The SMILES string of the molecule is Cc1nc(N)nc2c1/C(=N/Oc1cccc(N=O)c1)CC(c1ccc(F)cc1-c1cccnc1F)C2. The van der Waals surface area contributed by atoms with E-state index in [9.17, 15) is 13.7 Å². The normalized spacial score (nSPS) is 16.0. The summed E-state index contributed by atoms with van der Waals surface area (Å²) in [5, 5.41) is 7.28. The molecule has 0 radical (unpaired) electrons. The minimum atomic E-state index is -0.691. The molecule has 0 saturated carbocycles. The molecule has 2 heterocycles. The zero-order valence-electron chi connectivity index (χ0n) is 19.2. The molecule has 1 aliphatic rings. The Balaban J connectivity index is 1.60. The van der Waals surface area contributed by atoms with E-state index in [-0.39, 0.29) is 23.1 Å². The Morgan fingerprint density at radius 2 is 1.89 bits per heavy atom. The maximum Gasteiger partial charge on any atom is 0.220 e. The van der Waals surface area contributed by atoms with Crippen LogP contribution >= 0.6 is 0 Å². The van der Waals surface area contributed by atoms with Gasteiger partial charge in [0.05, 0.1) is 17.1 Å². The van der Waals surface area contributed by atoms with E-state index in [4.69, 9.17) is 10.6 Å². The van der Waals surface area contributed by atoms with Crippen molar-refractivity contribution >= 4 is 17.3 Å². The second-order valence-electron chi connectivity index (χ2n) is 8.39. The van der Waals surface area contributed by atoms with Gasteiger partial charge in [-0.15, -0.1) is 4.91 Å². The van der Waals surface area contributed by atoms with Crippen LogP contribution in [0.3, 0.4) is 0 Å². The molecule has 2 aromatic heterocycles. The number of fused-ring (bicyclic) bond motifs is 1. The second kappa shape index (κ2) is 9.57. The van der Waals surface area contributed by atoms with Crippen molar-refractivity contribution in [2.24, 2.45) is 10.3 Å². The summed E-state index contributed by atoms with van der Waals surface area (Å²) in [4.78, 5) is 28.9. The Morgan fingerprint density at radius 3 is 2.69 bits per heavy atom. The quantitative estimate of drug-likeness (QED) is 0.222. The van der Waals surface area contributed by atoms with E-state index in [0.29, 0.717) is 52.4 Å². The zero-order chi connectivity index (χ0) is 25.2. The molecule has 8 nitrogen and oxygen atoms in total. The number of aryl methyl sites for hydroxylation is 1. The number of nitrogens with two attached hydrogens (primary N) is 1. The Labute approximate surface area is 204 Å². The third-order valence-electron chi connectivity index (χ3n) is 6.04. The van der Waals surface area contributed by atoms with Crippen molar-refractivity contribution in [2.75, 3.05) is 5.73 Å². The first-order valence-corrected chi connectivity index (χ1v) is 11.1. The highest BCUT2D eigenvalue weighted by Gasteiger charge is 2.31. The predicted octanol–water partition coefficient (Wildman–Crippen LogP) is 5.62. The molecular weight excluding hydrogens is 466 g/mol. The van der Waals surface area contributed by atoms with Gasteiger partial charge in [0.25, 0.3) is 0 Å². The minimum absolute atomic E-state index is 0.120. The summed E-state index contributed by atoms with van der Waals surface area (Å²) in [5.74, 6) is -0.973. The first-order valence-electron chi connectivity index (χ1n) is 11.1. The van der Waals surface area contributed by atoms with E-state index < -0.39 is 11.8 Å². The minimum Gasteiger partial charge on any atom is -0.368 e. The summed E-state index contributed by atoms with van der Waals surface area (Å²) in [5.41, 5.74) is 10.00. The number of hydrogen-bond acceptors (Lipinski definition) is 8. The summed E-state index contributed by atoms with van der Waals surface area (Å²) in [6, 6.07) is 13.7. The van der Waals surface area contributed by atoms with E-state index in [2.05, 4.69) is 25.3 Å². The van der Waals surface area contributed by atoms with Gasteiger partial charge in [-0.05, 0) is 72.0 Å². The lowest BCUT2D eigenvalue weighted by Gasteiger charge is -2.28. The number of hydrogen-bond donors (Lipinski definition) is 1. The topological polar surface area (TPSA) is 116 Å². The molecule has 36 heavy (non-hydrogen) atoms. The number of pyridine rings is 1. The number of anilines is 1. The van der Waals surface area contributed by atoms with Crippen LogP contribution in [-0.4, -0.2) is 20.7 Å². The highest BCUT2D eigenvalue weighted by molar-refractivity contribution is 6.03. The van der Waals surface area contributed by atoms with E-state index >= 15 is 0 Å². The fourth-order valence-electron chi connectivity index (χ4n) is 4.53. The molecule has 0 saturated heterocycles. The molecule has 5 rings (SSSR count). The average molecular weight is 486 g/mol. The van der Waals surface area contributed by atoms with E-state index in [1.165, 1.54) is 24.4 Å². The first kappa shape index (κ1) is 23.2. The van der Waals surface area contributed by atoms with Crippen LogP contribution in [0.15, 0.2) is 71.1 Å². The zero-order valence-corrected chi connectivity index (χ0v) is 19.2. The lowest BCUT2D eigenvalue weighted by molar-refractivity contribution is 0.339. The van der Waals surface area contributed by atoms with Gasteiger partial charge in [0.1, 0.15) is 11.5 Å². The number of nitrogen functional groups attached to an aromatic ring is 1. The third-order valence-corrected chi connectivity index (χ3v) is 6.04. The maximum absolute atomic E-state index is 14.6. The fourth-order valence-corrected chi connectivity index (χ4v) is 4.53. The van der Waals surface area contributed by atoms with Crippen LogP contribution in [0.25, 0.3) is 11.1 Å². The number of benzene rings is 2. The van der Waals surface area contributed by atoms with Gasteiger partial charge in [0.15, 0.2) is 5.75 Å². The molecule has 180 valence electrons. The van der Waals surface area contributed by atoms with Crippen molar-refractivity contribution in [3.05, 3.63) is 100.0 Å². The highest BCUT2D eigenvalue weighted by Crippen LogP contribution is 2.39. The Hall–Kier alpha value is -4.60. The summed E-state index contributed by atoms with van der Waals surface area (Å²) in [6.07, 6.45) is 2.18. The van der Waals surface area contributed by atoms with Crippen molar-refractivity contribution in [3.63, 3.8) is 0 Å². The summed E-state index contributed by atoms with van der Waals surface area (Å²) in [7, 11) is 0. The van der Waals surface area contributed by atoms with Crippen LogP contribution < -0.4 is 10.6 Å². The van der Waals surface area contributed by atoms with Gasteiger partial charge in [0, 0.05) is 29.8 Å². The third kappa shape index (κ3) is 4.52. The van der Waals surface area contributed by atoms with E-state index in [1.807, 2.05) is 0 Å². The second-order valence-corrected chi connectivity index (χ2v) is 8.39. The lowest BCUT2D eigenvalue weighted by atomic mass is 9.78. The van der Waals surface area contributed by atoms with Crippen molar-refractivity contribution in [3.8, 4) is 16.9 Å². The van der Waals surface area contributed by atoms with Crippen molar-refractivity contribution in [1.29, 1.82) is 0 Å². The lowest BCUT2D eigenvalue weighted by Crippen LogP contribution is -2.24.